The molecule has 2 fully saturated rings. The largest absolute Gasteiger partial charge is 0.460 e. The second kappa shape index (κ2) is 14.5. The van der Waals surface area contributed by atoms with Gasteiger partial charge in [-0.15, -0.1) is 0 Å². The van der Waals surface area contributed by atoms with E-state index in [0.717, 1.165) is 18.6 Å². The Balaban J connectivity index is 2.52. The van der Waals surface area contributed by atoms with Gasteiger partial charge in [-0.2, -0.15) is 0 Å². The van der Waals surface area contributed by atoms with Crippen molar-refractivity contribution in [2.45, 2.75) is 84.5 Å². The highest BCUT2D eigenvalue weighted by atomic mass is 33.1. The van der Waals surface area contributed by atoms with Gasteiger partial charge in [-0.25, -0.2) is 4.79 Å². The molecule has 202 valence electrons. The van der Waals surface area contributed by atoms with E-state index in [0.29, 0.717) is 6.42 Å². The molecule has 2 aliphatic rings. The summed E-state index contributed by atoms with van der Waals surface area (Å²) >= 11 is 0. The predicted octanol–water partition coefficient (Wildman–Crippen LogP) is 1.65. The van der Waals surface area contributed by atoms with Gasteiger partial charge in [0.15, 0.2) is 0 Å². The molecule has 0 saturated carbocycles. The quantitative estimate of drug-likeness (QED) is 0.234. The first kappa shape index (κ1) is 30.0. The Bertz CT molecular complexity index is 864. The van der Waals surface area contributed by atoms with Gasteiger partial charge >= 0.3 is 5.97 Å². The number of hydrogen-bond donors (Lipinski definition) is 4. The van der Waals surface area contributed by atoms with E-state index in [1.165, 1.54) is 16.9 Å². The first-order valence-corrected chi connectivity index (χ1v) is 14.8. The van der Waals surface area contributed by atoms with Crippen LogP contribution in [-0.4, -0.2) is 65.3 Å². The molecule has 2 bridgehead atoms. The standard InChI is InChI=1S/C24H38N4O6S2/c1-6-16-21(30)28-20(14(4)5)24(33)34-15-9-7-8-10-35-36-12-17(22(31)25-16)26-23(32)19(13(2)3)27-18(29)11-15/h6,13-15,17,19-20H,7-12H2,1-5H3,(H,25,31)(H,26,32)(H,27,29)(H,28,30)/b16-6+/t15-,17?,19-,20-/m1/s1. The fourth-order valence-electron chi connectivity index (χ4n) is 3.76. The SMILES string of the molecule is C/C=C1/NC(=O)C2CSSCCCC[C@H](CC(=O)N[C@H](C(C)C)C(=O)N2)OC(=O)[C@@H](C(C)C)NC1=O. The van der Waals surface area contributed by atoms with Crippen LogP contribution in [0.4, 0.5) is 0 Å². The third-order valence-electron chi connectivity index (χ3n) is 5.91. The summed E-state index contributed by atoms with van der Waals surface area (Å²) in [6, 6.07) is -2.79. The fourth-order valence-corrected chi connectivity index (χ4v) is 6.07. The molecule has 2 saturated heterocycles. The molecule has 2 heterocycles. The molecule has 0 radical (unpaired) electrons. The molecular weight excluding hydrogens is 504 g/mol. The van der Waals surface area contributed by atoms with Crippen molar-refractivity contribution in [3.63, 3.8) is 0 Å². The number of carbonyl (C=O) groups excluding carboxylic acids is 5. The van der Waals surface area contributed by atoms with Gasteiger partial charge in [-0.3, -0.25) is 19.2 Å². The Morgan fingerprint density at radius 1 is 0.889 bits per heavy atom. The van der Waals surface area contributed by atoms with E-state index >= 15 is 0 Å². The molecule has 4 atom stereocenters. The van der Waals surface area contributed by atoms with Crippen molar-refractivity contribution in [1.82, 2.24) is 21.3 Å². The van der Waals surface area contributed by atoms with E-state index < -0.39 is 53.8 Å². The Morgan fingerprint density at radius 3 is 2.22 bits per heavy atom. The molecule has 0 aromatic rings. The van der Waals surface area contributed by atoms with Crippen molar-refractivity contribution in [3.8, 4) is 0 Å². The van der Waals surface area contributed by atoms with Crippen LogP contribution in [0.1, 0.15) is 60.3 Å². The van der Waals surface area contributed by atoms with E-state index in [9.17, 15) is 24.0 Å². The third-order valence-corrected chi connectivity index (χ3v) is 8.41. The van der Waals surface area contributed by atoms with Crippen LogP contribution in [0.5, 0.6) is 0 Å². The van der Waals surface area contributed by atoms with Gasteiger partial charge < -0.3 is 26.0 Å². The molecule has 4 N–H and O–H groups in total. The van der Waals surface area contributed by atoms with Crippen LogP contribution in [0, 0.1) is 11.8 Å². The number of allylic oxidation sites excluding steroid dienone is 1. The van der Waals surface area contributed by atoms with Crippen LogP contribution >= 0.6 is 21.6 Å². The monoisotopic (exact) mass is 542 g/mol. The molecule has 2 aliphatic heterocycles. The molecule has 0 aliphatic carbocycles. The number of ether oxygens (including phenoxy) is 1. The lowest BCUT2D eigenvalue weighted by molar-refractivity contribution is -0.156. The highest BCUT2D eigenvalue weighted by Gasteiger charge is 2.34. The summed E-state index contributed by atoms with van der Waals surface area (Å²) in [4.78, 5) is 65.3. The zero-order chi connectivity index (χ0) is 26.8. The normalized spacial score (nSPS) is 29.2. The summed E-state index contributed by atoms with van der Waals surface area (Å²) in [5, 5.41) is 10.8. The second-order valence-electron chi connectivity index (χ2n) is 9.60. The lowest BCUT2D eigenvalue weighted by atomic mass is 10.0. The topological polar surface area (TPSA) is 143 Å². The molecule has 0 aromatic heterocycles. The lowest BCUT2D eigenvalue weighted by Crippen LogP contribution is -2.57. The first-order valence-electron chi connectivity index (χ1n) is 12.4. The van der Waals surface area contributed by atoms with Crippen molar-refractivity contribution < 1.29 is 28.7 Å². The van der Waals surface area contributed by atoms with Gasteiger partial charge in [0.2, 0.25) is 17.7 Å². The molecule has 10 nitrogen and oxygen atoms in total. The summed E-state index contributed by atoms with van der Waals surface area (Å²) in [6.07, 6.45) is 2.68. The average Bonchev–Trinajstić information content (AvgIpc) is 2.81. The van der Waals surface area contributed by atoms with E-state index in [-0.39, 0.29) is 29.7 Å². The number of carbonyl (C=O) groups is 5. The number of esters is 1. The summed E-state index contributed by atoms with van der Waals surface area (Å²) < 4.78 is 5.74. The Hall–Kier alpha value is -2.21. The highest BCUT2D eigenvalue weighted by molar-refractivity contribution is 8.76. The Kier molecular flexibility index (Phi) is 12.1. The third kappa shape index (κ3) is 9.02. The number of nitrogens with one attached hydrogen (secondary N) is 4. The molecular formula is C24H38N4O6S2. The summed E-state index contributed by atoms with van der Waals surface area (Å²) in [5.41, 5.74) is -0.0305. The second-order valence-corrected chi connectivity index (χ2v) is 12.2. The number of hydrogen-bond acceptors (Lipinski definition) is 8. The number of fused-ring (bicyclic) bond motifs is 7. The van der Waals surface area contributed by atoms with Crippen molar-refractivity contribution in [3.05, 3.63) is 11.8 Å². The molecule has 0 aromatic carbocycles. The molecule has 0 spiro atoms. The van der Waals surface area contributed by atoms with Gasteiger partial charge in [-0.05, 0) is 38.0 Å². The summed E-state index contributed by atoms with van der Waals surface area (Å²) in [7, 11) is 3.03. The zero-order valence-corrected chi connectivity index (χ0v) is 23.2. The average molecular weight is 543 g/mol. The fraction of sp³-hybridized carbons (Fsp3) is 0.708. The van der Waals surface area contributed by atoms with Gasteiger partial charge in [0.25, 0.3) is 5.91 Å². The van der Waals surface area contributed by atoms with Crippen molar-refractivity contribution in [2.75, 3.05) is 11.5 Å². The lowest BCUT2D eigenvalue weighted by Gasteiger charge is -2.28. The van der Waals surface area contributed by atoms with Crippen LogP contribution < -0.4 is 21.3 Å². The minimum absolute atomic E-state index is 0.0305. The van der Waals surface area contributed by atoms with E-state index in [2.05, 4.69) is 21.3 Å². The maximum atomic E-state index is 13.2. The maximum absolute atomic E-state index is 13.2. The van der Waals surface area contributed by atoms with Crippen molar-refractivity contribution in [1.29, 1.82) is 0 Å². The Labute approximate surface area is 220 Å². The molecule has 4 amide bonds. The van der Waals surface area contributed by atoms with Crippen molar-refractivity contribution in [2.24, 2.45) is 11.8 Å². The smallest absolute Gasteiger partial charge is 0.329 e. The number of amides is 4. The first-order chi connectivity index (χ1) is 17.0. The van der Waals surface area contributed by atoms with Crippen LogP contribution in [0.15, 0.2) is 11.8 Å². The highest BCUT2D eigenvalue weighted by Crippen LogP contribution is 2.25. The molecule has 12 heteroatoms. The molecule has 36 heavy (non-hydrogen) atoms. The van der Waals surface area contributed by atoms with Gasteiger partial charge in [0.05, 0.1) is 6.42 Å². The van der Waals surface area contributed by atoms with E-state index in [1.807, 2.05) is 0 Å². The van der Waals surface area contributed by atoms with Crippen molar-refractivity contribution >= 4 is 51.2 Å². The molecule has 2 rings (SSSR count). The van der Waals surface area contributed by atoms with Gasteiger partial charge in [0, 0.05) is 11.5 Å². The van der Waals surface area contributed by atoms with Gasteiger partial charge in [-0.1, -0.05) is 55.4 Å². The maximum Gasteiger partial charge on any atom is 0.329 e. The minimum Gasteiger partial charge on any atom is -0.460 e. The van der Waals surface area contributed by atoms with Crippen LogP contribution in [0.2, 0.25) is 0 Å². The Morgan fingerprint density at radius 2 is 1.58 bits per heavy atom. The molecule has 1 unspecified atom stereocenters. The van der Waals surface area contributed by atoms with Gasteiger partial charge in [0.1, 0.15) is 29.9 Å². The summed E-state index contributed by atoms with van der Waals surface area (Å²) in [6.45, 7) is 8.73. The van der Waals surface area contributed by atoms with Crippen LogP contribution in [0.25, 0.3) is 0 Å². The summed E-state index contributed by atoms with van der Waals surface area (Å²) in [5.74, 6) is -2.24. The van der Waals surface area contributed by atoms with E-state index in [4.69, 9.17) is 4.74 Å². The van der Waals surface area contributed by atoms with Crippen LogP contribution in [-0.2, 0) is 28.7 Å². The zero-order valence-electron chi connectivity index (χ0n) is 21.6. The number of rotatable bonds is 2. The van der Waals surface area contributed by atoms with Crippen LogP contribution in [0.3, 0.4) is 0 Å². The minimum atomic E-state index is -0.969. The van der Waals surface area contributed by atoms with E-state index in [1.54, 1.807) is 45.4 Å². The predicted molar refractivity (Wildman–Crippen MR) is 141 cm³/mol.